The van der Waals surface area contributed by atoms with Gasteiger partial charge in [0.05, 0.1) is 6.54 Å². The average molecular weight is 265 g/mol. The van der Waals surface area contributed by atoms with Gasteiger partial charge in [0, 0.05) is 12.6 Å². The fourth-order valence-electron chi connectivity index (χ4n) is 2.61. The van der Waals surface area contributed by atoms with Crippen LogP contribution in [0.1, 0.15) is 40.0 Å². The molecule has 1 saturated heterocycles. The van der Waals surface area contributed by atoms with E-state index in [9.17, 15) is 4.79 Å². The zero-order valence-electron chi connectivity index (χ0n) is 12.4. The van der Waals surface area contributed by atoms with E-state index < -0.39 is 5.54 Å². The minimum Gasteiger partial charge on any atom is -0.339 e. The Morgan fingerprint density at radius 3 is 2.63 bits per heavy atom. The molecule has 0 radical (unpaired) electrons. The number of nitrogens with zero attached hydrogens (tertiary/aromatic N) is 1. The number of hydrogen-bond donors (Lipinski definition) is 2. The van der Waals surface area contributed by atoms with Gasteiger partial charge in [-0.3, -0.25) is 9.69 Å². The lowest BCUT2D eigenvalue weighted by molar-refractivity contribution is -0.123. The van der Waals surface area contributed by atoms with Crippen LogP contribution in [0, 0.1) is 18.3 Å². The maximum atomic E-state index is 12.1. The van der Waals surface area contributed by atoms with E-state index in [1.807, 2.05) is 20.8 Å². The molecule has 0 saturated carbocycles. The molecule has 0 aromatic heterocycles. The summed E-state index contributed by atoms with van der Waals surface area (Å²) in [6.07, 6.45) is 8.14. The van der Waals surface area contributed by atoms with Gasteiger partial charge >= 0.3 is 0 Å². The maximum Gasteiger partial charge on any atom is 0.235 e. The summed E-state index contributed by atoms with van der Waals surface area (Å²) < 4.78 is 0. The second-order valence-electron chi connectivity index (χ2n) is 5.62. The Kier molecular flexibility index (Phi) is 5.84. The molecule has 1 aliphatic heterocycles. The molecule has 1 aliphatic rings. The van der Waals surface area contributed by atoms with E-state index in [4.69, 9.17) is 12.2 Å². The van der Waals surface area contributed by atoms with Gasteiger partial charge in [-0.15, -0.1) is 6.42 Å². The Hall–Kier alpha value is -1.05. The van der Waals surface area contributed by atoms with Crippen molar-refractivity contribution >= 4 is 5.91 Å². The zero-order valence-corrected chi connectivity index (χ0v) is 12.4. The van der Waals surface area contributed by atoms with Crippen molar-refractivity contribution in [3.8, 4) is 12.3 Å². The smallest absolute Gasteiger partial charge is 0.235 e. The number of terminal acetylenes is 1. The Balaban J connectivity index is 2.47. The molecule has 0 aliphatic carbocycles. The fourth-order valence-corrected chi connectivity index (χ4v) is 2.61. The van der Waals surface area contributed by atoms with Crippen molar-refractivity contribution < 1.29 is 4.79 Å². The minimum atomic E-state index is -0.489. The van der Waals surface area contributed by atoms with Gasteiger partial charge in [-0.2, -0.15) is 0 Å². The fraction of sp³-hybridized carbons (Fsp3) is 0.800. The Morgan fingerprint density at radius 1 is 1.58 bits per heavy atom. The highest BCUT2D eigenvalue weighted by Crippen LogP contribution is 2.18. The van der Waals surface area contributed by atoms with Gasteiger partial charge in [0.2, 0.25) is 5.91 Å². The van der Waals surface area contributed by atoms with Gasteiger partial charge in [-0.1, -0.05) is 19.8 Å². The SMILES string of the molecule is C#CC(CC)(CC)NC(=O)CN1CCC(C(C)N)C1. The molecule has 2 atom stereocenters. The van der Waals surface area contributed by atoms with Crippen molar-refractivity contribution in [1.82, 2.24) is 10.2 Å². The summed E-state index contributed by atoms with van der Waals surface area (Å²) in [5.74, 6) is 3.25. The molecular formula is C15H27N3O. The standard InChI is InChI=1S/C15H27N3O/c1-5-15(6-2,7-3)17-14(19)11-18-9-8-13(10-18)12(4)16/h1,12-13H,6-11,16H2,2-4H3,(H,17,19). The summed E-state index contributed by atoms with van der Waals surface area (Å²) in [6, 6.07) is 0.198. The first-order chi connectivity index (χ1) is 8.96. The van der Waals surface area contributed by atoms with Crippen LogP contribution >= 0.6 is 0 Å². The number of rotatable bonds is 6. The number of nitrogens with one attached hydrogen (secondary N) is 1. The summed E-state index contributed by atoms with van der Waals surface area (Å²) in [4.78, 5) is 14.3. The lowest BCUT2D eigenvalue weighted by Crippen LogP contribution is -2.49. The van der Waals surface area contributed by atoms with Gasteiger partial charge in [0.15, 0.2) is 0 Å². The monoisotopic (exact) mass is 265 g/mol. The third-order valence-corrected chi connectivity index (χ3v) is 4.28. The van der Waals surface area contributed by atoms with Crippen LogP contribution in [0.5, 0.6) is 0 Å². The van der Waals surface area contributed by atoms with Crippen molar-refractivity contribution in [2.45, 2.75) is 51.6 Å². The number of carbonyl (C=O) groups is 1. The quantitative estimate of drug-likeness (QED) is 0.703. The predicted octanol–water partition coefficient (Wildman–Crippen LogP) is 0.964. The van der Waals surface area contributed by atoms with Crippen LogP contribution in [-0.2, 0) is 4.79 Å². The molecule has 3 N–H and O–H groups in total. The van der Waals surface area contributed by atoms with E-state index in [-0.39, 0.29) is 11.9 Å². The van der Waals surface area contributed by atoms with Crippen molar-refractivity contribution in [2.75, 3.05) is 19.6 Å². The summed E-state index contributed by atoms with van der Waals surface area (Å²) in [5, 5.41) is 3.00. The zero-order chi connectivity index (χ0) is 14.5. The molecule has 0 bridgehead atoms. The second-order valence-corrected chi connectivity index (χ2v) is 5.62. The number of likely N-dealkylation sites (tertiary alicyclic amines) is 1. The van der Waals surface area contributed by atoms with Gasteiger partial charge in [-0.25, -0.2) is 0 Å². The highest BCUT2D eigenvalue weighted by atomic mass is 16.2. The molecule has 2 unspecified atom stereocenters. The van der Waals surface area contributed by atoms with Crippen LogP contribution in [0.15, 0.2) is 0 Å². The van der Waals surface area contributed by atoms with Crippen LogP contribution in [0.3, 0.4) is 0 Å². The number of amides is 1. The van der Waals surface area contributed by atoms with E-state index in [0.29, 0.717) is 12.5 Å². The highest BCUT2D eigenvalue weighted by molar-refractivity contribution is 5.79. The lowest BCUT2D eigenvalue weighted by atomic mass is 9.94. The molecule has 108 valence electrons. The number of nitrogens with two attached hydrogens (primary N) is 1. The van der Waals surface area contributed by atoms with Gasteiger partial charge in [0.1, 0.15) is 5.54 Å². The summed E-state index contributed by atoms with van der Waals surface area (Å²) >= 11 is 0. The molecule has 4 heteroatoms. The van der Waals surface area contributed by atoms with Gasteiger partial charge < -0.3 is 11.1 Å². The van der Waals surface area contributed by atoms with Crippen LogP contribution in [0.25, 0.3) is 0 Å². The summed E-state index contributed by atoms with van der Waals surface area (Å²) in [5.41, 5.74) is 5.41. The maximum absolute atomic E-state index is 12.1. The Morgan fingerprint density at radius 2 is 2.21 bits per heavy atom. The molecule has 0 aromatic carbocycles. The van der Waals surface area contributed by atoms with Crippen LogP contribution in [0.4, 0.5) is 0 Å². The Bertz CT molecular complexity index is 342. The molecular weight excluding hydrogens is 238 g/mol. The lowest BCUT2D eigenvalue weighted by Gasteiger charge is -2.28. The predicted molar refractivity (Wildman–Crippen MR) is 78.5 cm³/mol. The van der Waals surface area contributed by atoms with Gasteiger partial charge in [0.25, 0.3) is 0 Å². The summed E-state index contributed by atoms with van der Waals surface area (Å²) in [6.45, 7) is 8.32. The third-order valence-electron chi connectivity index (χ3n) is 4.28. The molecule has 19 heavy (non-hydrogen) atoms. The van der Waals surface area contributed by atoms with E-state index >= 15 is 0 Å². The number of hydrogen-bond acceptors (Lipinski definition) is 3. The summed E-state index contributed by atoms with van der Waals surface area (Å²) in [7, 11) is 0. The molecule has 1 heterocycles. The van der Waals surface area contributed by atoms with Crippen molar-refractivity contribution in [3.05, 3.63) is 0 Å². The van der Waals surface area contributed by atoms with Crippen LogP contribution < -0.4 is 11.1 Å². The minimum absolute atomic E-state index is 0.0203. The molecule has 0 spiro atoms. The Labute approximate surface area is 117 Å². The highest BCUT2D eigenvalue weighted by Gasteiger charge is 2.29. The van der Waals surface area contributed by atoms with E-state index in [0.717, 1.165) is 32.4 Å². The topological polar surface area (TPSA) is 58.4 Å². The molecule has 0 aromatic rings. The average Bonchev–Trinajstić information content (AvgIpc) is 2.84. The third kappa shape index (κ3) is 4.22. The molecule has 1 rings (SSSR count). The second kappa shape index (κ2) is 6.93. The molecule has 1 amide bonds. The first-order valence-electron chi connectivity index (χ1n) is 7.23. The van der Waals surface area contributed by atoms with Crippen LogP contribution in [0.2, 0.25) is 0 Å². The van der Waals surface area contributed by atoms with Gasteiger partial charge in [-0.05, 0) is 38.6 Å². The normalized spacial score (nSPS) is 21.9. The number of carbonyl (C=O) groups excluding carboxylic acids is 1. The first-order valence-corrected chi connectivity index (χ1v) is 7.23. The first kappa shape index (κ1) is 16.0. The molecule has 1 fully saturated rings. The van der Waals surface area contributed by atoms with E-state index in [1.54, 1.807) is 0 Å². The molecule has 4 nitrogen and oxygen atoms in total. The van der Waals surface area contributed by atoms with Crippen LogP contribution in [-0.4, -0.2) is 42.0 Å². The van der Waals surface area contributed by atoms with E-state index in [1.165, 1.54) is 0 Å². The van der Waals surface area contributed by atoms with Crippen molar-refractivity contribution in [1.29, 1.82) is 0 Å². The van der Waals surface area contributed by atoms with Crippen molar-refractivity contribution in [3.63, 3.8) is 0 Å². The van der Waals surface area contributed by atoms with E-state index in [2.05, 4.69) is 16.1 Å². The largest absolute Gasteiger partial charge is 0.339 e. The van der Waals surface area contributed by atoms with Crippen molar-refractivity contribution in [2.24, 2.45) is 11.7 Å².